The molecule has 2 aromatic carbocycles. The molecule has 0 atom stereocenters. The van der Waals surface area contributed by atoms with Crippen molar-refractivity contribution in [3.05, 3.63) is 47.0 Å². The van der Waals surface area contributed by atoms with Crippen LogP contribution in [0.25, 0.3) is 22.3 Å². The van der Waals surface area contributed by atoms with Crippen LogP contribution in [0.5, 0.6) is 0 Å². The van der Waals surface area contributed by atoms with Crippen molar-refractivity contribution in [2.24, 2.45) is 0 Å². The quantitative estimate of drug-likeness (QED) is 0.563. The fourth-order valence-electron chi connectivity index (χ4n) is 2.00. The number of fused-ring (bicyclic) bond motifs is 4. The van der Waals surface area contributed by atoms with Crippen LogP contribution >= 0.6 is 11.6 Å². The van der Waals surface area contributed by atoms with Crippen molar-refractivity contribution in [2.75, 3.05) is 0 Å². The molecule has 2 heteroatoms. The van der Waals surface area contributed by atoms with Crippen LogP contribution in [0.15, 0.2) is 36.4 Å². The molecule has 0 radical (unpaired) electrons. The van der Waals surface area contributed by atoms with E-state index < -0.39 is 0 Å². The lowest BCUT2D eigenvalue weighted by Crippen LogP contribution is -1.99. The minimum Gasteiger partial charge on any atom is -0.298 e. The lowest BCUT2D eigenvalue weighted by molar-refractivity contribution is 0.112. The maximum Gasteiger partial charge on any atom is 0.150 e. The molecule has 3 rings (SSSR count). The Hall–Kier alpha value is -1.60. The summed E-state index contributed by atoms with van der Waals surface area (Å²) in [5, 5.41) is 0.732. The first-order valence-corrected chi connectivity index (χ1v) is 5.07. The molecule has 0 heterocycles. The van der Waals surface area contributed by atoms with E-state index in [9.17, 15) is 4.79 Å². The second-order valence-electron chi connectivity index (χ2n) is 3.61. The summed E-state index contributed by atoms with van der Waals surface area (Å²) in [6.45, 7) is 0. The number of carbonyl (C=O) groups excluding carboxylic acids is 1. The van der Waals surface area contributed by atoms with Crippen molar-refractivity contribution in [3.63, 3.8) is 0 Å². The van der Waals surface area contributed by atoms with Gasteiger partial charge in [-0.3, -0.25) is 4.79 Å². The Bertz CT molecular complexity index is 573. The first-order chi connectivity index (χ1) is 7.29. The molecule has 0 fully saturated rings. The summed E-state index contributed by atoms with van der Waals surface area (Å²) in [4.78, 5) is 10.6. The first kappa shape index (κ1) is 8.69. The van der Waals surface area contributed by atoms with Gasteiger partial charge in [0.2, 0.25) is 0 Å². The van der Waals surface area contributed by atoms with Crippen molar-refractivity contribution < 1.29 is 4.79 Å². The third kappa shape index (κ3) is 1.13. The number of aldehydes is 1. The highest BCUT2D eigenvalue weighted by molar-refractivity contribution is 6.31. The lowest BCUT2D eigenvalue weighted by Gasteiger charge is -2.24. The molecular formula is C13H7ClO. The fraction of sp³-hybridized carbons (Fsp3) is 0. The summed E-state index contributed by atoms with van der Waals surface area (Å²) < 4.78 is 0. The van der Waals surface area contributed by atoms with Crippen LogP contribution in [-0.2, 0) is 0 Å². The van der Waals surface area contributed by atoms with Gasteiger partial charge in [-0.1, -0.05) is 29.8 Å². The minimum atomic E-state index is 0.708. The van der Waals surface area contributed by atoms with Crippen LogP contribution in [0.3, 0.4) is 0 Å². The molecule has 15 heavy (non-hydrogen) atoms. The number of hydrogen-bond acceptors (Lipinski definition) is 1. The van der Waals surface area contributed by atoms with Gasteiger partial charge in [-0.25, -0.2) is 0 Å². The van der Waals surface area contributed by atoms with Gasteiger partial charge in [0.25, 0.3) is 0 Å². The van der Waals surface area contributed by atoms with Crippen LogP contribution < -0.4 is 0 Å². The number of carbonyl (C=O) groups is 1. The smallest absolute Gasteiger partial charge is 0.150 e. The molecule has 0 N–H and O–H groups in total. The fourth-order valence-corrected chi connectivity index (χ4v) is 2.18. The van der Waals surface area contributed by atoms with Gasteiger partial charge >= 0.3 is 0 Å². The minimum absolute atomic E-state index is 0.708. The Balaban J connectivity index is 2.22. The third-order valence-electron chi connectivity index (χ3n) is 2.74. The van der Waals surface area contributed by atoms with Crippen LogP contribution in [0.4, 0.5) is 0 Å². The predicted molar refractivity (Wildman–Crippen MR) is 61.3 cm³/mol. The second-order valence-corrected chi connectivity index (χ2v) is 4.05. The summed E-state index contributed by atoms with van der Waals surface area (Å²) in [5.41, 5.74) is 5.39. The molecule has 0 unspecified atom stereocenters. The van der Waals surface area contributed by atoms with E-state index in [0.29, 0.717) is 5.56 Å². The highest BCUT2D eigenvalue weighted by Gasteiger charge is 2.22. The Kier molecular flexibility index (Phi) is 1.70. The summed E-state index contributed by atoms with van der Waals surface area (Å²) in [6, 6.07) is 11.6. The Labute approximate surface area is 92.3 Å². The molecule has 72 valence electrons. The Morgan fingerprint density at radius 2 is 1.53 bits per heavy atom. The van der Waals surface area contributed by atoms with Crippen LogP contribution in [-0.4, -0.2) is 6.29 Å². The van der Waals surface area contributed by atoms with Gasteiger partial charge in [0.1, 0.15) is 6.29 Å². The normalized spacial score (nSPS) is 11.3. The number of benzene rings is 2. The zero-order valence-electron chi connectivity index (χ0n) is 7.83. The van der Waals surface area contributed by atoms with Crippen LogP contribution in [0, 0.1) is 0 Å². The molecule has 0 saturated heterocycles. The topological polar surface area (TPSA) is 17.1 Å². The molecule has 1 nitrogen and oxygen atoms in total. The van der Waals surface area contributed by atoms with Gasteiger partial charge in [-0.2, -0.15) is 0 Å². The van der Waals surface area contributed by atoms with Crippen LogP contribution in [0.1, 0.15) is 10.4 Å². The zero-order chi connectivity index (χ0) is 10.4. The van der Waals surface area contributed by atoms with E-state index >= 15 is 0 Å². The van der Waals surface area contributed by atoms with Crippen molar-refractivity contribution in [3.8, 4) is 22.3 Å². The average molecular weight is 215 g/mol. The van der Waals surface area contributed by atoms with E-state index in [1.165, 1.54) is 11.1 Å². The molecule has 0 spiro atoms. The van der Waals surface area contributed by atoms with E-state index in [2.05, 4.69) is 0 Å². The maximum atomic E-state index is 10.6. The van der Waals surface area contributed by atoms with Gasteiger partial charge in [0.05, 0.1) is 0 Å². The second kappa shape index (κ2) is 2.94. The van der Waals surface area contributed by atoms with Gasteiger partial charge in [-0.05, 0) is 40.5 Å². The Morgan fingerprint density at radius 1 is 0.867 bits per heavy atom. The van der Waals surface area contributed by atoms with Crippen molar-refractivity contribution in [1.82, 2.24) is 0 Å². The van der Waals surface area contributed by atoms with Gasteiger partial charge in [0.15, 0.2) is 0 Å². The average Bonchev–Trinajstić information content (AvgIpc) is 2.26. The zero-order valence-corrected chi connectivity index (χ0v) is 8.58. The number of hydrogen-bond donors (Lipinski definition) is 0. The van der Waals surface area contributed by atoms with Crippen LogP contribution in [0.2, 0.25) is 5.02 Å². The predicted octanol–water partition coefficient (Wildman–Crippen LogP) is 3.80. The molecule has 1 aliphatic carbocycles. The molecule has 2 aromatic rings. The number of rotatable bonds is 1. The standard InChI is InChI=1S/C13H7ClO/c14-9-2-4-11-10-3-1-8(7-15)5-12(10)13(11)6-9/h1-7H. The molecular weight excluding hydrogens is 208 g/mol. The summed E-state index contributed by atoms with van der Waals surface area (Å²) in [7, 11) is 0. The van der Waals surface area contributed by atoms with Crippen molar-refractivity contribution in [1.29, 1.82) is 0 Å². The van der Waals surface area contributed by atoms with Gasteiger partial charge < -0.3 is 0 Å². The highest BCUT2D eigenvalue weighted by atomic mass is 35.5. The van der Waals surface area contributed by atoms with Gasteiger partial charge in [0, 0.05) is 10.6 Å². The monoisotopic (exact) mass is 214 g/mol. The summed E-state index contributed by atoms with van der Waals surface area (Å²) in [5.74, 6) is 0. The summed E-state index contributed by atoms with van der Waals surface area (Å²) >= 11 is 5.92. The first-order valence-electron chi connectivity index (χ1n) is 4.69. The molecule has 0 aromatic heterocycles. The van der Waals surface area contributed by atoms with E-state index in [1.807, 2.05) is 36.4 Å². The van der Waals surface area contributed by atoms with Crippen molar-refractivity contribution in [2.45, 2.75) is 0 Å². The molecule has 0 saturated carbocycles. The SMILES string of the molecule is O=Cc1ccc2c(c1)-c1cc(Cl)ccc1-2. The largest absolute Gasteiger partial charge is 0.298 e. The lowest BCUT2D eigenvalue weighted by atomic mass is 9.80. The van der Waals surface area contributed by atoms with Crippen molar-refractivity contribution >= 4 is 17.9 Å². The summed E-state index contributed by atoms with van der Waals surface area (Å²) in [6.07, 6.45) is 0.864. The molecule has 1 aliphatic rings. The maximum absolute atomic E-state index is 10.6. The third-order valence-corrected chi connectivity index (χ3v) is 2.98. The van der Waals surface area contributed by atoms with E-state index in [1.54, 1.807) is 0 Å². The molecule has 0 bridgehead atoms. The van der Waals surface area contributed by atoms with E-state index in [4.69, 9.17) is 11.6 Å². The van der Waals surface area contributed by atoms with E-state index in [-0.39, 0.29) is 0 Å². The molecule has 0 aliphatic heterocycles. The van der Waals surface area contributed by atoms with Gasteiger partial charge in [-0.15, -0.1) is 0 Å². The molecule has 0 amide bonds. The Morgan fingerprint density at radius 3 is 2.27 bits per heavy atom. The van der Waals surface area contributed by atoms with E-state index in [0.717, 1.165) is 22.4 Å². The highest BCUT2D eigenvalue weighted by Crippen LogP contribution is 2.47. The number of halogens is 1.